The molecule has 1 aromatic carbocycles. The molecule has 1 rings (SSSR count). The van der Waals surface area contributed by atoms with Gasteiger partial charge in [-0.15, -0.1) is 0 Å². The van der Waals surface area contributed by atoms with Crippen LogP contribution in [0.4, 0.5) is 0 Å². The first kappa shape index (κ1) is 13.5. The highest BCUT2D eigenvalue weighted by molar-refractivity contribution is 9.10. The number of halogens is 2. The molecular weight excluding hydrogens is 295 g/mol. The van der Waals surface area contributed by atoms with Gasteiger partial charge in [0.25, 0.3) is 0 Å². The molecule has 1 aromatic rings. The summed E-state index contributed by atoms with van der Waals surface area (Å²) < 4.78 is 9.92. The van der Waals surface area contributed by atoms with Crippen molar-refractivity contribution in [2.75, 3.05) is 14.2 Å². The van der Waals surface area contributed by atoms with Crippen molar-refractivity contribution in [3.05, 3.63) is 34.9 Å². The van der Waals surface area contributed by atoms with E-state index < -0.39 is 10.9 Å². The Morgan fingerprint density at radius 3 is 2.31 bits per heavy atom. The molecular formula is C11H12BrClO3. The highest BCUT2D eigenvalue weighted by Crippen LogP contribution is 2.27. The van der Waals surface area contributed by atoms with Crippen LogP contribution in [0.15, 0.2) is 24.3 Å². The number of esters is 1. The molecule has 0 amide bonds. The van der Waals surface area contributed by atoms with Crippen molar-refractivity contribution < 1.29 is 14.3 Å². The highest BCUT2D eigenvalue weighted by Gasteiger charge is 2.27. The van der Waals surface area contributed by atoms with Crippen LogP contribution < -0.4 is 0 Å². The third-order valence-electron chi connectivity index (χ3n) is 2.14. The quantitative estimate of drug-likeness (QED) is 0.634. The third-order valence-corrected chi connectivity index (χ3v) is 3.25. The summed E-state index contributed by atoms with van der Waals surface area (Å²) in [6, 6.07) is 7.13. The van der Waals surface area contributed by atoms with Gasteiger partial charge in [-0.2, -0.15) is 0 Å². The molecule has 0 aliphatic carbocycles. The molecule has 2 atom stereocenters. The monoisotopic (exact) mass is 306 g/mol. The van der Waals surface area contributed by atoms with Crippen molar-refractivity contribution >= 4 is 33.5 Å². The van der Waals surface area contributed by atoms with Crippen molar-refractivity contribution in [2.45, 2.75) is 10.9 Å². The summed E-state index contributed by atoms with van der Waals surface area (Å²) >= 11 is 9.04. The third kappa shape index (κ3) is 3.20. The minimum Gasteiger partial charge on any atom is -0.468 e. The van der Waals surface area contributed by atoms with Gasteiger partial charge in [0.1, 0.15) is 10.9 Å². The van der Waals surface area contributed by atoms with Crippen LogP contribution in [0.3, 0.4) is 0 Å². The lowest BCUT2D eigenvalue weighted by atomic mass is 10.1. The van der Waals surface area contributed by atoms with Gasteiger partial charge >= 0.3 is 5.97 Å². The SMILES string of the molecule is COC(=O)[C@H](Br)[C@@H](OC)c1ccc(Cl)cc1. The Labute approximate surface area is 108 Å². The summed E-state index contributed by atoms with van der Waals surface area (Å²) in [5.41, 5.74) is 0.860. The first-order valence-electron chi connectivity index (χ1n) is 4.60. The normalized spacial score (nSPS) is 14.2. The molecule has 0 fully saturated rings. The van der Waals surface area contributed by atoms with Crippen molar-refractivity contribution in [1.29, 1.82) is 0 Å². The molecule has 0 aliphatic heterocycles. The summed E-state index contributed by atoms with van der Waals surface area (Å²) in [6.45, 7) is 0. The standard InChI is InChI=1S/C11H12BrClO3/c1-15-10(9(12)11(14)16-2)7-3-5-8(13)6-4-7/h3-6,9-10H,1-2H3/t9-,10+/m1/s1. The lowest BCUT2D eigenvalue weighted by Gasteiger charge is -2.19. The van der Waals surface area contributed by atoms with Gasteiger partial charge in [-0.05, 0) is 17.7 Å². The number of benzene rings is 1. The van der Waals surface area contributed by atoms with E-state index >= 15 is 0 Å². The van der Waals surface area contributed by atoms with Crippen molar-refractivity contribution in [2.24, 2.45) is 0 Å². The van der Waals surface area contributed by atoms with E-state index in [1.807, 2.05) is 12.1 Å². The predicted octanol–water partition coefficient (Wildman–Crippen LogP) is 2.96. The molecule has 0 aromatic heterocycles. The summed E-state index contributed by atoms with van der Waals surface area (Å²) in [5, 5.41) is 0.641. The molecule has 0 bridgehead atoms. The minimum atomic E-state index is -0.538. The van der Waals surface area contributed by atoms with E-state index in [-0.39, 0.29) is 5.97 Å². The second kappa shape index (κ2) is 6.23. The zero-order valence-corrected chi connectivity index (χ0v) is 11.3. The maximum atomic E-state index is 11.4. The van der Waals surface area contributed by atoms with Gasteiger partial charge in [-0.3, -0.25) is 4.79 Å². The van der Waals surface area contributed by atoms with Crippen LogP contribution in [0.5, 0.6) is 0 Å². The van der Waals surface area contributed by atoms with Gasteiger partial charge in [0.05, 0.1) is 7.11 Å². The Hall–Kier alpha value is -0.580. The molecule has 16 heavy (non-hydrogen) atoms. The van der Waals surface area contributed by atoms with E-state index in [0.29, 0.717) is 5.02 Å². The molecule has 0 saturated carbocycles. The number of carbonyl (C=O) groups excluding carboxylic acids is 1. The molecule has 88 valence electrons. The zero-order chi connectivity index (χ0) is 12.1. The largest absolute Gasteiger partial charge is 0.468 e. The minimum absolute atomic E-state index is 0.373. The molecule has 0 saturated heterocycles. The molecule has 0 N–H and O–H groups in total. The topological polar surface area (TPSA) is 35.5 Å². The van der Waals surface area contributed by atoms with Crippen LogP contribution in [0.25, 0.3) is 0 Å². The molecule has 0 unspecified atom stereocenters. The average Bonchev–Trinajstić information content (AvgIpc) is 2.31. The van der Waals surface area contributed by atoms with Gasteiger partial charge in [-0.25, -0.2) is 0 Å². The van der Waals surface area contributed by atoms with Gasteiger partial charge in [-0.1, -0.05) is 39.7 Å². The zero-order valence-electron chi connectivity index (χ0n) is 8.94. The van der Waals surface area contributed by atoms with Crippen molar-refractivity contribution in [3.63, 3.8) is 0 Å². The molecule has 3 nitrogen and oxygen atoms in total. The van der Waals surface area contributed by atoms with Gasteiger partial charge < -0.3 is 9.47 Å². The highest BCUT2D eigenvalue weighted by atomic mass is 79.9. The number of rotatable bonds is 4. The Kier molecular flexibility index (Phi) is 5.25. The van der Waals surface area contributed by atoms with Gasteiger partial charge in [0.15, 0.2) is 0 Å². The van der Waals surface area contributed by atoms with Gasteiger partial charge in [0, 0.05) is 12.1 Å². The molecule has 0 heterocycles. The lowest BCUT2D eigenvalue weighted by molar-refractivity contribution is -0.142. The average molecular weight is 308 g/mol. The van der Waals surface area contributed by atoms with Crippen LogP contribution >= 0.6 is 27.5 Å². The lowest BCUT2D eigenvalue weighted by Crippen LogP contribution is -2.24. The van der Waals surface area contributed by atoms with Gasteiger partial charge in [0.2, 0.25) is 0 Å². The first-order valence-corrected chi connectivity index (χ1v) is 5.89. The summed E-state index contributed by atoms with van der Waals surface area (Å²) in [7, 11) is 2.88. The second-order valence-corrected chi connectivity index (χ2v) is 4.56. The van der Waals surface area contributed by atoms with Crippen LogP contribution in [0, 0.1) is 0 Å². The fourth-order valence-electron chi connectivity index (χ4n) is 1.31. The summed E-state index contributed by atoms with van der Waals surface area (Å²) in [5.74, 6) is -0.373. The van der Waals surface area contributed by atoms with Crippen LogP contribution in [0.1, 0.15) is 11.7 Å². The maximum Gasteiger partial charge on any atom is 0.322 e. The van der Waals surface area contributed by atoms with E-state index in [0.717, 1.165) is 5.56 Å². The number of methoxy groups -OCH3 is 2. The molecule has 5 heteroatoms. The van der Waals surface area contributed by atoms with Crippen LogP contribution in [-0.2, 0) is 14.3 Å². The van der Waals surface area contributed by atoms with Crippen molar-refractivity contribution in [1.82, 2.24) is 0 Å². The summed E-state index contributed by atoms with van der Waals surface area (Å²) in [4.78, 5) is 10.8. The Morgan fingerprint density at radius 1 is 1.31 bits per heavy atom. The van der Waals surface area contributed by atoms with Crippen LogP contribution in [0.2, 0.25) is 5.02 Å². The Morgan fingerprint density at radius 2 is 1.88 bits per heavy atom. The smallest absolute Gasteiger partial charge is 0.322 e. The molecule has 0 radical (unpaired) electrons. The number of hydrogen-bond acceptors (Lipinski definition) is 3. The number of hydrogen-bond donors (Lipinski definition) is 0. The first-order chi connectivity index (χ1) is 7.60. The van der Waals surface area contributed by atoms with E-state index in [9.17, 15) is 4.79 Å². The fraction of sp³-hybridized carbons (Fsp3) is 0.364. The van der Waals surface area contributed by atoms with Crippen molar-refractivity contribution in [3.8, 4) is 0 Å². The van der Waals surface area contributed by atoms with E-state index in [1.54, 1.807) is 12.1 Å². The fourth-order valence-corrected chi connectivity index (χ4v) is 2.15. The number of ether oxygens (including phenoxy) is 2. The Balaban J connectivity index is 2.89. The van der Waals surface area contributed by atoms with Crippen LogP contribution in [-0.4, -0.2) is 25.0 Å². The van der Waals surface area contributed by atoms with E-state index in [1.165, 1.54) is 14.2 Å². The Bertz CT molecular complexity index is 353. The van der Waals surface area contributed by atoms with E-state index in [4.69, 9.17) is 16.3 Å². The maximum absolute atomic E-state index is 11.4. The van der Waals surface area contributed by atoms with E-state index in [2.05, 4.69) is 20.7 Å². The number of carbonyl (C=O) groups is 1. The predicted molar refractivity (Wildman–Crippen MR) is 65.9 cm³/mol. The molecule has 0 spiro atoms. The number of alkyl halides is 1. The summed E-state index contributed by atoms with van der Waals surface area (Å²) in [6.07, 6.45) is -0.398. The second-order valence-electron chi connectivity index (χ2n) is 3.13. The molecule has 0 aliphatic rings.